The second-order valence-corrected chi connectivity index (χ2v) is 6.72. The number of hydrogen-bond donors (Lipinski definition) is 0. The first-order chi connectivity index (χ1) is 10.9. The number of rotatable bonds is 3. The summed E-state index contributed by atoms with van der Waals surface area (Å²) in [7, 11) is -3.73. The first-order valence-electron chi connectivity index (χ1n) is 6.63. The Bertz CT molecular complexity index is 885. The van der Waals surface area contributed by atoms with Gasteiger partial charge in [-0.05, 0) is 35.9 Å². The molecule has 0 saturated heterocycles. The predicted octanol–water partition coefficient (Wildman–Crippen LogP) is 3.18. The molecular weight excluding hydrogens is 340 g/mol. The number of carbonyl (C=O) groups excluding carboxylic acids is 1. The molecule has 0 bridgehead atoms. The third-order valence-corrected chi connectivity index (χ3v) is 4.23. The van der Waals surface area contributed by atoms with E-state index in [0.717, 1.165) is 11.0 Å². The molecule has 0 aromatic heterocycles. The van der Waals surface area contributed by atoms with E-state index in [9.17, 15) is 13.2 Å². The van der Waals surface area contributed by atoms with Crippen LogP contribution in [0.4, 0.5) is 0 Å². The van der Waals surface area contributed by atoms with Crippen LogP contribution in [0.15, 0.2) is 47.9 Å². The molecule has 2 aromatic carbocycles. The highest BCUT2D eigenvalue weighted by Crippen LogP contribution is 2.30. The number of halogens is 1. The van der Waals surface area contributed by atoms with Crippen molar-refractivity contribution in [1.82, 2.24) is 0 Å². The molecule has 118 valence electrons. The Morgan fingerprint density at radius 3 is 2.61 bits per heavy atom. The molecule has 0 N–H and O–H groups in total. The number of fused-ring (bicyclic) bond motifs is 1. The molecule has 1 aliphatic rings. The van der Waals surface area contributed by atoms with Crippen molar-refractivity contribution in [2.75, 3.05) is 0 Å². The summed E-state index contributed by atoms with van der Waals surface area (Å²) in [5.41, 5.74) is 1.36. The molecule has 23 heavy (non-hydrogen) atoms. The largest absolute Gasteiger partial charge is 0.426 e. The van der Waals surface area contributed by atoms with Crippen molar-refractivity contribution in [3.63, 3.8) is 0 Å². The van der Waals surface area contributed by atoms with Crippen molar-refractivity contribution >= 4 is 33.8 Å². The van der Waals surface area contributed by atoms with Gasteiger partial charge in [-0.3, -0.25) is 4.79 Å². The van der Waals surface area contributed by atoms with Gasteiger partial charge in [0.15, 0.2) is 5.75 Å². The third kappa shape index (κ3) is 3.91. The number of esters is 1. The Labute approximate surface area is 138 Å². The van der Waals surface area contributed by atoms with Crippen molar-refractivity contribution in [2.45, 2.75) is 6.42 Å². The first kappa shape index (κ1) is 15.6. The molecule has 2 aromatic rings. The van der Waals surface area contributed by atoms with Gasteiger partial charge in [0.2, 0.25) is 0 Å². The maximum atomic E-state index is 11.9. The van der Waals surface area contributed by atoms with Crippen LogP contribution in [-0.4, -0.2) is 14.4 Å². The minimum Gasteiger partial charge on any atom is -0.426 e. The van der Waals surface area contributed by atoms with Crippen molar-refractivity contribution in [3.05, 3.63) is 64.0 Å². The Balaban J connectivity index is 1.72. The van der Waals surface area contributed by atoms with Crippen molar-refractivity contribution < 1.29 is 22.1 Å². The highest BCUT2D eigenvalue weighted by Gasteiger charge is 2.18. The van der Waals surface area contributed by atoms with Gasteiger partial charge in [-0.1, -0.05) is 23.7 Å². The van der Waals surface area contributed by atoms with Crippen LogP contribution in [0.3, 0.4) is 0 Å². The molecule has 1 heterocycles. The summed E-state index contributed by atoms with van der Waals surface area (Å²) in [5.74, 6) is -0.126. The van der Waals surface area contributed by atoms with Gasteiger partial charge in [0.05, 0.1) is 11.8 Å². The Hall–Kier alpha value is -2.31. The molecule has 7 heteroatoms. The zero-order chi connectivity index (χ0) is 16.4. The van der Waals surface area contributed by atoms with Gasteiger partial charge in [-0.15, -0.1) is 0 Å². The monoisotopic (exact) mass is 350 g/mol. The van der Waals surface area contributed by atoms with Crippen LogP contribution < -0.4 is 8.92 Å². The van der Waals surface area contributed by atoms with E-state index in [4.69, 9.17) is 20.5 Å². The van der Waals surface area contributed by atoms with Crippen LogP contribution in [0, 0.1) is 0 Å². The fourth-order valence-electron chi connectivity index (χ4n) is 2.03. The molecule has 0 atom stereocenters. The van der Waals surface area contributed by atoms with E-state index >= 15 is 0 Å². The van der Waals surface area contributed by atoms with Crippen LogP contribution in [-0.2, 0) is 21.3 Å². The molecule has 0 fully saturated rings. The molecule has 0 spiro atoms. The fourth-order valence-corrected chi connectivity index (χ4v) is 2.92. The second-order valence-electron chi connectivity index (χ2n) is 4.86. The third-order valence-electron chi connectivity index (χ3n) is 3.10. The lowest BCUT2D eigenvalue weighted by Gasteiger charge is -2.13. The lowest BCUT2D eigenvalue weighted by atomic mass is 10.1. The molecule has 0 unspecified atom stereocenters. The summed E-state index contributed by atoms with van der Waals surface area (Å²) in [5, 5.41) is 1.56. The van der Waals surface area contributed by atoms with E-state index < -0.39 is 16.1 Å². The van der Waals surface area contributed by atoms with Gasteiger partial charge in [-0.25, -0.2) is 0 Å². The van der Waals surface area contributed by atoms with E-state index in [1.54, 1.807) is 36.4 Å². The lowest BCUT2D eigenvalue weighted by molar-refractivity contribution is -0.133. The summed E-state index contributed by atoms with van der Waals surface area (Å²) < 4.78 is 32.8. The molecule has 0 radical (unpaired) electrons. The second kappa shape index (κ2) is 6.06. The van der Waals surface area contributed by atoms with Crippen molar-refractivity contribution in [3.8, 4) is 11.5 Å². The van der Waals surface area contributed by atoms with Gasteiger partial charge in [0.25, 0.3) is 0 Å². The smallest absolute Gasteiger partial charge is 0.332 e. The quantitative estimate of drug-likeness (QED) is 0.483. The van der Waals surface area contributed by atoms with Gasteiger partial charge < -0.3 is 8.92 Å². The Morgan fingerprint density at radius 2 is 1.87 bits per heavy atom. The maximum absolute atomic E-state index is 11.9. The molecule has 1 aliphatic heterocycles. The Morgan fingerprint density at radius 1 is 1.13 bits per heavy atom. The summed E-state index contributed by atoms with van der Waals surface area (Å²) in [4.78, 5) is 11.9. The van der Waals surface area contributed by atoms with E-state index in [0.29, 0.717) is 10.6 Å². The van der Waals surface area contributed by atoms with Crippen LogP contribution >= 0.6 is 11.6 Å². The van der Waals surface area contributed by atoms with E-state index in [2.05, 4.69) is 0 Å². The van der Waals surface area contributed by atoms with E-state index in [1.165, 1.54) is 12.1 Å². The van der Waals surface area contributed by atoms with Crippen LogP contribution in [0.2, 0.25) is 5.02 Å². The fraction of sp³-hybridized carbons (Fsp3) is 0.0625. The normalized spacial score (nSPS) is 14.7. The summed E-state index contributed by atoms with van der Waals surface area (Å²) in [6, 6.07) is 11.4. The minimum atomic E-state index is -3.73. The highest BCUT2D eigenvalue weighted by atomic mass is 35.5. The van der Waals surface area contributed by atoms with Crippen molar-refractivity contribution in [2.24, 2.45) is 0 Å². The SMILES string of the molecule is O=C(Cc1ccc(Cl)cc1)Oc1ccc2c(c1)OS(=O)(=O)C=C2. The average Bonchev–Trinajstić information content (AvgIpc) is 2.48. The standard InChI is InChI=1S/C16H11ClO5S/c17-13-4-1-11(2-5-13)9-16(18)21-14-6-3-12-7-8-23(19,20)22-15(12)10-14/h1-8,10H,9H2. The molecular formula is C16H11ClO5S. The zero-order valence-corrected chi connectivity index (χ0v) is 13.3. The first-order valence-corrected chi connectivity index (χ1v) is 8.48. The summed E-state index contributed by atoms with van der Waals surface area (Å²) in [6.07, 6.45) is 1.50. The van der Waals surface area contributed by atoms with E-state index in [1.807, 2.05) is 0 Å². The minimum absolute atomic E-state index is 0.0767. The Kier molecular flexibility index (Phi) is 4.11. The average molecular weight is 351 g/mol. The maximum Gasteiger partial charge on any atom is 0.332 e. The van der Waals surface area contributed by atoms with Crippen LogP contribution in [0.5, 0.6) is 11.5 Å². The van der Waals surface area contributed by atoms with Gasteiger partial charge in [0, 0.05) is 16.7 Å². The number of benzene rings is 2. The predicted molar refractivity (Wildman–Crippen MR) is 85.8 cm³/mol. The zero-order valence-electron chi connectivity index (χ0n) is 11.7. The number of hydrogen-bond acceptors (Lipinski definition) is 5. The lowest BCUT2D eigenvalue weighted by Crippen LogP contribution is -2.12. The van der Waals surface area contributed by atoms with Gasteiger partial charge in [-0.2, -0.15) is 8.42 Å². The molecule has 0 aliphatic carbocycles. The summed E-state index contributed by atoms with van der Waals surface area (Å²) in [6.45, 7) is 0. The highest BCUT2D eigenvalue weighted by molar-refractivity contribution is 7.90. The topological polar surface area (TPSA) is 69.7 Å². The van der Waals surface area contributed by atoms with Gasteiger partial charge >= 0.3 is 16.1 Å². The molecule has 0 saturated carbocycles. The number of ether oxygens (including phenoxy) is 1. The van der Waals surface area contributed by atoms with E-state index in [-0.39, 0.29) is 17.9 Å². The molecule has 0 amide bonds. The summed E-state index contributed by atoms with van der Waals surface area (Å²) >= 11 is 5.78. The van der Waals surface area contributed by atoms with Crippen LogP contribution in [0.25, 0.3) is 6.08 Å². The number of carbonyl (C=O) groups is 1. The molecule has 3 rings (SSSR count). The van der Waals surface area contributed by atoms with Crippen LogP contribution in [0.1, 0.15) is 11.1 Å². The molecule has 5 nitrogen and oxygen atoms in total. The van der Waals surface area contributed by atoms with Crippen molar-refractivity contribution in [1.29, 1.82) is 0 Å². The van der Waals surface area contributed by atoms with Gasteiger partial charge in [0.1, 0.15) is 5.75 Å².